The predicted molar refractivity (Wildman–Crippen MR) is 117 cm³/mol. The lowest BCUT2D eigenvalue weighted by molar-refractivity contribution is -0.116. The van der Waals surface area contributed by atoms with Crippen LogP contribution < -0.4 is 0 Å². The van der Waals surface area contributed by atoms with Crippen LogP contribution in [0.25, 0.3) is 0 Å². The molecule has 0 amide bonds. The molecule has 6 unspecified atom stereocenters. The number of thioether (sulfide) groups is 1. The first-order valence-corrected chi connectivity index (χ1v) is 12.5. The quantitative estimate of drug-likeness (QED) is 0.560. The lowest BCUT2D eigenvalue weighted by atomic mass is 9.46. The van der Waals surface area contributed by atoms with E-state index in [4.69, 9.17) is 0 Å². The van der Waals surface area contributed by atoms with Crippen molar-refractivity contribution in [2.75, 3.05) is 5.75 Å². The number of nitrogens with zero attached hydrogens (tertiary/aromatic N) is 2. The molecule has 160 valence electrons. The Morgan fingerprint density at radius 1 is 1.14 bits per heavy atom. The van der Waals surface area contributed by atoms with Gasteiger partial charge in [0, 0.05) is 30.6 Å². The highest BCUT2D eigenvalue weighted by molar-refractivity contribution is 7.99. The molecule has 0 aliphatic heterocycles. The Balaban J connectivity index is 1.38. The monoisotopic (exact) mass is 416 g/mol. The fraction of sp³-hybridized carbons (Fsp3) is 0.792. The molecular formula is C24H36N2O2S. The molecule has 4 aliphatic carbocycles. The largest absolute Gasteiger partial charge is 0.389 e. The lowest BCUT2D eigenvalue weighted by Crippen LogP contribution is -2.55. The Morgan fingerprint density at radius 2 is 1.93 bits per heavy atom. The fourth-order valence-corrected chi connectivity index (χ4v) is 8.97. The molecule has 5 heteroatoms. The molecule has 5 rings (SSSR count). The SMILES string of the molecule is Cn1ccnc1SC[C@]1(O)CCC2C3CCC4=CC(O)CCC4(C)C3CCC21C. The summed E-state index contributed by atoms with van der Waals surface area (Å²) in [4.78, 5) is 4.45. The maximum absolute atomic E-state index is 11.9. The minimum absolute atomic E-state index is 0.0120. The van der Waals surface area contributed by atoms with Crippen molar-refractivity contribution in [3.05, 3.63) is 24.0 Å². The Kier molecular flexibility index (Phi) is 4.77. The standard InChI is InChI=1S/C24H36N2O2S/c1-22-9-6-17(27)14-16(22)4-5-18-19(22)7-10-23(2)20(18)8-11-24(23,28)15-29-21-25-12-13-26(21)3/h12-14,17-20,27-28H,4-11,15H2,1-3H3/t17?,18?,19?,20?,22?,23?,24-/m1/s1. The van der Waals surface area contributed by atoms with Gasteiger partial charge < -0.3 is 14.8 Å². The average Bonchev–Trinajstić information content (AvgIpc) is 3.22. The number of aryl methyl sites for hydroxylation is 1. The van der Waals surface area contributed by atoms with Crippen LogP contribution in [0.3, 0.4) is 0 Å². The number of imidazole rings is 1. The second-order valence-electron chi connectivity index (χ2n) is 10.8. The minimum atomic E-state index is -0.598. The average molecular weight is 417 g/mol. The number of aromatic nitrogens is 2. The van der Waals surface area contributed by atoms with Crippen LogP contribution in [0.15, 0.2) is 29.2 Å². The van der Waals surface area contributed by atoms with E-state index >= 15 is 0 Å². The van der Waals surface area contributed by atoms with Gasteiger partial charge >= 0.3 is 0 Å². The van der Waals surface area contributed by atoms with Gasteiger partial charge in [0.15, 0.2) is 5.16 Å². The summed E-state index contributed by atoms with van der Waals surface area (Å²) in [7, 11) is 2.03. The molecule has 1 aromatic heterocycles. The summed E-state index contributed by atoms with van der Waals surface area (Å²) in [5, 5.41) is 23.0. The summed E-state index contributed by atoms with van der Waals surface area (Å²) in [6.07, 6.45) is 14.6. The zero-order valence-electron chi connectivity index (χ0n) is 18.1. The molecule has 0 bridgehead atoms. The van der Waals surface area contributed by atoms with E-state index in [1.54, 1.807) is 11.8 Å². The highest BCUT2D eigenvalue weighted by Gasteiger charge is 2.63. The molecule has 7 atom stereocenters. The van der Waals surface area contributed by atoms with E-state index in [2.05, 4.69) is 24.9 Å². The van der Waals surface area contributed by atoms with Gasteiger partial charge in [0.1, 0.15) is 0 Å². The van der Waals surface area contributed by atoms with Crippen molar-refractivity contribution in [2.24, 2.45) is 35.6 Å². The predicted octanol–water partition coefficient (Wildman–Crippen LogP) is 4.57. The summed E-state index contributed by atoms with van der Waals surface area (Å²) in [6.45, 7) is 4.86. The third-order valence-electron chi connectivity index (χ3n) is 9.63. The van der Waals surface area contributed by atoms with E-state index in [9.17, 15) is 10.2 Å². The first-order chi connectivity index (χ1) is 13.8. The van der Waals surface area contributed by atoms with Crippen LogP contribution in [0.4, 0.5) is 0 Å². The number of hydrogen-bond acceptors (Lipinski definition) is 4. The smallest absolute Gasteiger partial charge is 0.167 e. The third-order valence-corrected chi connectivity index (χ3v) is 10.9. The Bertz CT molecular complexity index is 822. The second kappa shape index (κ2) is 6.86. The molecule has 4 nitrogen and oxygen atoms in total. The van der Waals surface area contributed by atoms with E-state index in [1.165, 1.54) is 18.4 Å². The third kappa shape index (κ3) is 2.90. The van der Waals surface area contributed by atoms with E-state index in [1.807, 2.05) is 24.0 Å². The zero-order chi connectivity index (χ0) is 20.4. The van der Waals surface area contributed by atoms with E-state index in [0.717, 1.165) is 61.3 Å². The van der Waals surface area contributed by atoms with Crippen molar-refractivity contribution in [1.82, 2.24) is 9.55 Å². The number of hydrogen-bond donors (Lipinski definition) is 2. The van der Waals surface area contributed by atoms with Gasteiger partial charge in [-0.15, -0.1) is 0 Å². The Hall–Kier alpha value is -0.780. The molecule has 0 saturated heterocycles. The number of allylic oxidation sites excluding steroid dienone is 1. The summed E-state index contributed by atoms with van der Waals surface area (Å²) < 4.78 is 2.05. The molecule has 1 heterocycles. The second-order valence-corrected chi connectivity index (χ2v) is 11.7. The number of aliphatic hydroxyl groups is 2. The van der Waals surface area contributed by atoms with Crippen molar-refractivity contribution < 1.29 is 10.2 Å². The van der Waals surface area contributed by atoms with Gasteiger partial charge in [-0.3, -0.25) is 0 Å². The molecule has 3 saturated carbocycles. The fourth-order valence-electron chi connectivity index (χ4n) is 7.73. The summed E-state index contributed by atoms with van der Waals surface area (Å²) >= 11 is 1.72. The zero-order valence-corrected chi connectivity index (χ0v) is 18.9. The minimum Gasteiger partial charge on any atom is -0.389 e. The highest BCUT2D eigenvalue weighted by Crippen LogP contribution is 2.68. The number of fused-ring (bicyclic) bond motifs is 5. The molecule has 0 radical (unpaired) electrons. The molecule has 0 aromatic carbocycles. The lowest BCUT2D eigenvalue weighted by Gasteiger charge is -2.59. The van der Waals surface area contributed by atoms with Gasteiger partial charge in [0.2, 0.25) is 0 Å². The van der Waals surface area contributed by atoms with Crippen LogP contribution in [0.1, 0.15) is 65.2 Å². The van der Waals surface area contributed by atoms with Crippen LogP contribution in [0, 0.1) is 28.6 Å². The highest BCUT2D eigenvalue weighted by atomic mass is 32.2. The van der Waals surface area contributed by atoms with Crippen molar-refractivity contribution in [2.45, 2.75) is 82.1 Å². The van der Waals surface area contributed by atoms with Crippen LogP contribution in [-0.2, 0) is 7.05 Å². The van der Waals surface area contributed by atoms with Crippen molar-refractivity contribution in [3.63, 3.8) is 0 Å². The van der Waals surface area contributed by atoms with E-state index in [0.29, 0.717) is 5.92 Å². The van der Waals surface area contributed by atoms with E-state index in [-0.39, 0.29) is 16.9 Å². The maximum atomic E-state index is 11.9. The van der Waals surface area contributed by atoms with Gasteiger partial charge in [-0.25, -0.2) is 4.98 Å². The molecule has 4 aliphatic rings. The van der Waals surface area contributed by atoms with Crippen LogP contribution >= 0.6 is 11.8 Å². The van der Waals surface area contributed by atoms with Crippen LogP contribution in [0.5, 0.6) is 0 Å². The number of aliphatic hydroxyl groups excluding tert-OH is 1. The first kappa shape index (κ1) is 20.1. The van der Waals surface area contributed by atoms with Crippen LogP contribution in [0.2, 0.25) is 0 Å². The molecular weight excluding hydrogens is 380 g/mol. The van der Waals surface area contributed by atoms with Crippen molar-refractivity contribution in [3.8, 4) is 0 Å². The molecule has 1 aromatic rings. The molecule has 0 spiro atoms. The van der Waals surface area contributed by atoms with E-state index < -0.39 is 5.60 Å². The Labute approximate surface area is 179 Å². The first-order valence-electron chi connectivity index (χ1n) is 11.5. The molecule has 2 N–H and O–H groups in total. The maximum Gasteiger partial charge on any atom is 0.167 e. The van der Waals surface area contributed by atoms with Gasteiger partial charge in [-0.2, -0.15) is 0 Å². The summed E-state index contributed by atoms with van der Waals surface area (Å²) in [5.41, 5.74) is 1.21. The van der Waals surface area contributed by atoms with Crippen molar-refractivity contribution in [1.29, 1.82) is 0 Å². The normalized spacial score (nSPS) is 46.6. The van der Waals surface area contributed by atoms with Crippen molar-refractivity contribution >= 4 is 11.8 Å². The van der Waals surface area contributed by atoms with Crippen LogP contribution in [-0.4, -0.2) is 37.2 Å². The Morgan fingerprint density at radius 3 is 2.69 bits per heavy atom. The summed E-state index contributed by atoms with van der Waals surface area (Å²) in [5.74, 6) is 2.81. The van der Waals surface area contributed by atoms with Gasteiger partial charge in [0.25, 0.3) is 0 Å². The van der Waals surface area contributed by atoms with Gasteiger partial charge in [0.05, 0.1) is 11.7 Å². The van der Waals surface area contributed by atoms with Gasteiger partial charge in [-0.1, -0.05) is 37.3 Å². The summed E-state index contributed by atoms with van der Waals surface area (Å²) in [6, 6.07) is 0. The molecule has 29 heavy (non-hydrogen) atoms. The number of rotatable bonds is 3. The topological polar surface area (TPSA) is 58.3 Å². The van der Waals surface area contributed by atoms with Gasteiger partial charge in [-0.05, 0) is 74.5 Å². The molecule has 3 fully saturated rings.